The lowest BCUT2D eigenvalue weighted by Crippen LogP contribution is -2.23. The predicted molar refractivity (Wildman–Crippen MR) is 157 cm³/mol. The monoisotopic (exact) mass is 532 g/mol. The molecule has 0 N–H and O–H groups in total. The highest BCUT2D eigenvalue weighted by molar-refractivity contribution is 8.01. The minimum absolute atomic E-state index is 0.0906. The Morgan fingerprint density at radius 1 is 0.559 bits per heavy atom. The van der Waals surface area contributed by atoms with Crippen molar-refractivity contribution in [3.63, 3.8) is 0 Å². The van der Waals surface area contributed by atoms with Gasteiger partial charge in [-0.1, -0.05) is 32.6 Å². The molecule has 0 radical (unpaired) electrons. The lowest BCUT2D eigenvalue weighted by Gasteiger charge is -2.35. The molecule has 0 aromatic heterocycles. The molecule has 0 aliphatic carbocycles. The molecule has 0 spiro atoms. The number of thioether (sulfide) groups is 3. The highest BCUT2D eigenvalue weighted by atomic mass is 32.2. The van der Waals surface area contributed by atoms with Crippen molar-refractivity contribution in [2.75, 3.05) is 17.3 Å². The fourth-order valence-corrected chi connectivity index (χ4v) is 6.85. The average Bonchev–Trinajstić information content (AvgIpc) is 2.79. The Morgan fingerprint density at radius 2 is 0.882 bits per heavy atom. The molecule has 0 rings (SSSR count). The van der Waals surface area contributed by atoms with Crippen molar-refractivity contribution in [3.05, 3.63) is 0 Å². The molecule has 3 atom stereocenters. The van der Waals surface area contributed by atoms with E-state index in [0.717, 1.165) is 36.5 Å². The van der Waals surface area contributed by atoms with E-state index in [0.29, 0.717) is 5.41 Å². The van der Waals surface area contributed by atoms with Crippen molar-refractivity contribution >= 4 is 52.6 Å². The Labute approximate surface area is 223 Å². The first-order valence-corrected chi connectivity index (χ1v) is 16.6. The average molecular weight is 533 g/mol. The third kappa shape index (κ3) is 16.7. The number of unbranched alkanes of at least 4 members (excludes halogenated alkanes) is 3. The summed E-state index contributed by atoms with van der Waals surface area (Å²) in [5.41, 5.74) is 0.341. The van der Waals surface area contributed by atoms with Gasteiger partial charge in [0.2, 0.25) is 0 Å². The second-order valence-corrected chi connectivity index (χ2v) is 14.3. The SMILES string of the molecule is CCCCCCC(CCCSC(C)C(C)=O)(CCCSC(C)C(C)=O)CCCSC(C)C(C)=O. The molecular weight excluding hydrogens is 481 g/mol. The molecule has 3 nitrogen and oxygen atoms in total. The molecule has 34 heavy (non-hydrogen) atoms. The Balaban J connectivity index is 5.12. The van der Waals surface area contributed by atoms with Crippen molar-refractivity contribution in [3.8, 4) is 0 Å². The molecule has 3 unspecified atom stereocenters. The third-order valence-corrected chi connectivity index (χ3v) is 11.0. The number of hydrogen-bond donors (Lipinski definition) is 0. The van der Waals surface area contributed by atoms with Crippen LogP contribution >= 0.6 is 35.3 Å². The fraction of sp³-hybridized carbons (Fsp3) is 0.893. The molecule has 0 aliphatic heterocycles. The zero-order valence-corrected chi connectivity index (χ0v) is 25.5. The van der Waals surface area contributed by atoms with E-state index in [2.05, 4.69) is 6.92 Å². The first kappa shape index (κ1) is 34.1. The van der Waals surface area contributed by atoms with Gasteiger partial charge in [0.1, 0.15) is 17.3 Å². The van der Waals surface area contributed by atoms with E-state index >= 15 is 0 Å². The predicted octanol–water partition coefficient (Wildman–Crippen LogP) is 8.42. The van der Waals surface area contributed by atoms with E-state index in [1.807, 2.05) is 20.8 Å². The number of Topliss-reactive ketones (excluding diaryl/α,β-unsaturated/α-hetero) is 3. The van der Waals surface area contributed by atoms with Gasteiger partial charge in [0.15, 0.2) is 0 Å². The van der Waals surface area contributed by atoms with Gasteiger partial charge in [-0.25, -0.2) is 0 Å². The summed E-state index contributed by atoms with van der Waals surface area (Å²) in [4.78, 5) is 34.9. The molecule has 0 heterocycles. The van der Waals surface area contributed by atoms with Crippen LogP contribution in [0.1, 0.15) is 119 Å². The Bertz CT molecular complexity index is 510. The van der Waals surface area contributed by atoms with Crippen molar-refractivity contribution in [2.24, 2.45) is 5.41 Å². The fourth-order valence-electron chi connectivity index (χ4n) is 4.15. The lowest BCUT2D eigenvalue weighted by atomic mass is 9.72. The maximum absolute atomic E-state index is 11.6. The maximum atomic E-state index is 11.6. The smallest absolute Gasteiger partial charge is 0.142 e. The van der Waals surface area contributed by atoms with Crippen molar-refractivity contribution < 1.29 is 14.4 Å². The molecule has 200 valence electrons. The van der Waals surface area contributed by atoms with E-state index in [4.69, 9.17) is 0 Å². The zero-order valence-electron chi connectivity index (χ0n) is 23.1. The molecule has 0 amide bonds. The van der Waals surface area contributed by atoms with Gasteiger partial charge in [0.25, 0.3) is 0 Å². The van der Waals surface area contributed by atoms with E-state index in [9.17, 15) is 14.4 Å². The van der Waals surface area contributed by atoms with E-state index in [-0.39, 0.29) is 33.1 Å². The van der Waals surface area contributed by atoms with Crippen LogP contribution in [0.4, 0.5) is 0 Å². The van der Waals surface area contributed by atoms with Gasteiger partial charge in [0.05, 0.1) is 15.7 Å². The molecule has 0 fully saturated rings. The maximum Gasteiger partial charge on any atom is 0.142 e. The Morgan fingerprint density at radius 3 is 1.18 bits per heavy atom. The standard InChI is InChI=1S/C28H52O3S3/c1-8-9-10-11-15-28(16-12-19-32-25(5)22(2)29,17-13-20-33-26(6)23(3)30)18-14-21-34-27(7)24(4)31/h25-27H,8-21H2,1-7H3. The molecule has 0 saturated heterocycles. The van der Waals surface area contributed by atoms with Crippen molar-refractivity contribution in [2.45, 2.75) is 135 Å². The van der Waals surface area contributed by atoms with Gasteiger partial charge in [-0.15, -0.1) is 0 Å². The van der Waals surface area contributed by atoms with Crippen LogP contribution in [0.2, 0.25) is 0 Å². The minimum atomic E-state index is 0.0906. The van der Waals surface area contributed by atoms with Crippen LogP contribution in [0.5, 0.6) is 0 Å². The largest absolute Gasteiger partial charge is 0.299 e. The normalized spacial score (nSPS) is 16.0. The van der Waals surface area contributed by atoms with E-state index in [1.165, 1.54) is 51.4 Å². The molecule has 0 aromatic rings. The quantitative estimate of drug-likeness (QED) is 0.123. The first-order valence-electron chi connectivity index (χ1n) is 13.4. The highest BCUT2D eigenvalue weighted by Gasteiger charge is 2.29. The number of rotatable bonds is 23. The van der Waals surface area contributed by atoms with Crippen molar-refractivity contribution in [1.29, 1.82) is 0 Å². The second kappa shape index (κ2) is 20.2. The van der Waals surface area contributed by atoms with Crippen LogP contribution in [-0.2, 0) is 14.4 Å². The molecule has 0 saturated carbocycles. The highest BCUT2D eigenvalue weighted by Crippen LogP contribution is 2.42. The molecule has 0 aliphatic rings. The lowest BCUT2D eigenvalue weighted by molar-refractivity contribution is -0.117. The van der Waals surface area contributed by atoms with E-state index in [1.54, 1.807) is 56.1 Å². The topological polar surface area (TPSA) is 51.2 Å². The summed E-state index contributed by atoms with van der Waals surface area (Å²) < 4.78 is 0. The number of carbonyl (C=O) groups is 3. The van der Waals surface area contributed by atoms with Gasteiger partial charge in [-0.2, -0.15) is 35.3 Å². The summed E-state index contributed by atoms with van der Waals surface area (Å²) in [6.45, 7) is 13.4. The van der Waals surface area contributed by atoms with Crippen LogP contribution in [0, 0.1) is 5.41 Å². The summed E-state index contributed by atoms with van der Waals surface area (Å²) in [6, 6.07) is 0. The second-order valence-electron chi connectivity index (χ2n) is 9.99. The molecule has 0 aromatic carbocycles. The molecule has 6 heteroatoms. The molecular formula is C28H52O3S3. The van der Waals surface area contributed by atoms with Gasteiger partial charge < -0.3 is 0 Å². The van der Waals surface area contributed by atoms with Gasteiger partial charge >= 0.3 is 0 Å². The minimum Gasteiger partial charge on any atom is -0.299 e. The first-order chi connectivity index (χ1) is 16.0. The molecule has 0 bridgehead atoms. The Hall–Kier alpha value is 0.0600. The summed E-state index contributed by atoms with van der Waals surface area (Å²) in [5.74, 6) is 3.94. The summed E-state index contributed by atoms with van der Waals surface area (Å²) in [7, 11) is 0. The Kier molecular flexibility index (Phi) is 20.2. The summed E-state index contributed by atoms with van der Waals surface area (Å²) >= 11 is 5.39. The van der Waals surface area contributed by atoms with Crippen molar-refractivity contribution in [1.82, 2.24) is 0 Å². The summed E-state index contributed by atoms with van der Waals surface area (Å²) in [6.07, 6.45) is 13.6. The third-order valence-electron chi connectivity index (χ3n) is 6.94. The number of hydrogen-bond acceptors (Lipinski definition) is 6. The van der Waals surface area contributed by atoms with Crippen LogP contribution in [0.15, 0.2) is 0 Å². The van der Waals surface area contributed by atoms with Crippen LogP contribution in [-0.4, -0.2) is 50.4 Å². The summed E-state index contributed by atoms with van der Waals surface area (Å²) in [5, 5.41) is 0.272. The van der Waals surface area contributed by atoms with Gasteiger partial charge in [-0.3, -0.25) is 14.4 Å². The van der Waals surface area contributed by atoms with Gasteiger partial charge in [-0.05, 0) is 109 Å². The number of carbonyl (C=O) groups excluding carboxylic acids is 3. The van der Waals surface area contributed by atoms with Crippen LogP contribution < -0.4 is 0 Å². The van der Waals surface area contributed by atoms with Crippen LogP contribution in [0.25, 0.3) is 0 Å². The zero-order chi connectivity index (χ0) is 26.0. The number of ketones is 3. The van der Waals surface area contributed by atoms with Gasteiger partial charge in [0, 0.05) is 0 Å². The van der Waals surface area contributed by atoms with E-state index < -0.39 is 0 Å². The van der Waals surface area contributed by atoms with Crippen LogP contribution in [0.3, 0.4) is 0 Å².